The summed E-state index contributed by atoms with van der Waals surface area (Å²) in [5, 5.41) is 0. The van der Waals surface area contributed by atoms with Crippen LogP contribution in [0.5, 0.6) is 0 Å². The Morgan fingerprint density at radius 2 is 2.05 bits per heavy atom. The lowest BCUT2D eigenvalue weighted by Gasteiger charge is -2.08. The number of nitrogens with one attached hydrogen (secondary N) is 1. The third-order valence-electron chi connectivity index (χ3n) is 2.48. The van der Waals surface area contributed by atoms with Gasteiger partial charge in [-0.05, 0) is 53.2 Å². The average molecular weight is 345 g/mol. The van der Waals surface area contributed by atoms with E-state index in [1.807, 2.05) is 0 Å². The Morgan fingerprint density at radius 1 is 1.32 bits per heavy atom. The molecule has 0 spiro atoms. The second-order valence-electron chi connectivity index (χ2n) is 4.03. The van der Waals surface area contributed by atoms with Gasteiger partial charge in [-0.25, -0.2) is 13.1 Å². The van der Waals surface area contributed by atoms with Crippen molar-refractivity contribution >= 4 is 31.6 Å². The van der Waals surface area contributed by atoms with Crippen molar-refractivity contribution in [1.29, 1.82) is 0 Å². The van der Waals surface area contributed by atoms with Crippen molar-refractivity contribution in [3.05, 3.63) is 46.3 Å². The molecule has 0 aliphatic carbocycles. The normalized spacial score (nSPS) is 11.7. The third kappa shape index (κ3) is 3.37. The number of aryl methyl sites for hydroxylation is 1. The largest absolute Gasteiger partial charge is 0.465 e. The minimum Gasteiger partial charge on any atom is -0.465 e. The molecule has 5 nitrogen and oxygen atoms in total. The van der Waals surface area contributed by atoms with Gasteiger partial charge in [-0.2, -0.15) is 0 Å². The van der Waals surface area contributed by atoms with Crippen LogP contribution in [-0.4, -0.2) is 8.42 Å². The highest BCUT2D eigenvalue weighted by molar-refractivity contribution is 9.10. The standard InChI is InChI=1S/C12H13BrN2O3S/c1-8-2-4-10(18-8)7-15-19(16,17)12-6-9(14)3-5-11(12)13/h2-6,15H,7,14H2,1H3. The average Bonchev–Trinajstić information content (AvgIpc) is 2.76. The number of rotatable bonds is 4. The van der Waals surface area contributed by atoms with Gasteiger partial charge in [0.25, 0.3) is 0 Å². The first-order valence-corrected chi connectivity index (χ1v) is 7.76. The van der Waals surface area contributed by atoms with Gasteiger partial charge in [0.2, 0.25) is 10.0 Å². The van der Waals surface area contributed by atoms with Crippen molar-refractivity contribution in [3.63, 3.8) is 0 Å². The van der Waals surface area contributed by atoms with E-state index < -0.39 is 10.0 Å². The highest BCUT2D eigenvalue weighted by atomic mass is 79.9. The van der Waals surface area contributed by atoms with Gasteiger partial charge in [-0.3, -0.25) is 0 Å². The third-order valence-corrected chi connectivity index (χ3v) is 4.87. The minimum atomic E-state index is -3.64. The van der Waals surface area contributed by atoms with Gasteiger partial charge in [-0.1, -0.05) is 0 Å². The number of anilines is 1. The number of nitrogen functional groups attached to an aromatic ring is 1. The van der Waals surface area contributed by atoms with E-state index in [2.05, 4.69) is 20.7 Å². The Morgan fingerprint density at radius 3 is 2.68 bits per heavy atom. The Balaban J connectivity index is 2.20. The lowest BCUT2D eigenvalue weighted by Crippen LogP contribution is -2.23. The maximum atomic E-state index is 12.1. The minimum absolute atomic E-state index is 0.0947. The maximum Gasteiger partial charge on any atom is 0.242 e. The quantitative estimate of drug-likeness (QED) is 0.834. The van der Waals surface area contributed by atoms with Crippen LogP contribution in [0.15, 0.2) is 44.1 Å². The number of furan rings is 1. The molecule has 7 heteroatoms. The summed E-state index contributed by atoms with van der Waals surface area (Å²) in [6, 6.07) is 8.13. The summed E-state index contributed by atoms with van der Waals surface area (Å²) in [5.74, 6) is 1.29. The number of sulfonamides is 1. The number of hydrogen-bond acceptors (Lipinski definition) is 4. The molecule has 3 N–H and O–H groups in total. The summed E-state index contributed by atoms with van der Waals surface area (Å²) in [5.41, 5.74) is 5.99. The zero-order chi connectivity index (χ0) is 14.0. The van der Waals surface area contributed by atoms with Gasteiger partial charge in [-0.15, -0.1) is 0 Å². The molecule has 1 heterocycles. The predicted octanol–water partition coefficient (Wildman–Crippen LogP) is 2.41. The molecule has 0 saturated carbocycles. The summed E-state index contributed by atoms with van der Waals surface area (Å²) in [4.78, 5) is 0.107. The molecule has 102 valence electrons. The van der Waals surface area contributed by atoms with Crippen LogP contribution in [0.2, 0.25) is 0 Å². The highest BCUT2D eigenvalue weighted by Crippen LogP contribution is 2.24. The Hall–Kier alpha value is -1.31. The molecular weight excluding hydrogens is 332 g/mol. The van der Waals surface area contributed by atoms with Crippen LogP contribution in [0.1, 0.15) is 11.5 Å². The SMILES string of the molecule is Cc1ccc(CNS(=O)(=O)c2cc(N)ccc2Br)o1. The Labute approximate surface area is 120 Å². The van der Waals surface area contributed by atoms with E-state index in [1.54, 1.807) is 31.2 Å². The van der Waals surface area contributed by atoms with Crippen LogP contribution >= 0.6 is 15.9 Å². The fourth-order valence-corrected chi connectivity index (χ4v) is 3.54. The molecule has 0 saturated heterocycles. The molecule has 1 aromatic carbocycles. The van der Waals surface area contributed by atoms with E-state index in [4.69, 9.17) is 10.2 Å². The first kappa shape index (κ1) is 14.1. The number of hydrogen-bond donors (Lipinski definition) is 2. The molecule has 0 radical (unpaired) electrons. The molecule has 0 aliphatic rings. The molecule has 0 atom stereocenters. The van der Waals surface area contributed by atoms with E-state index >= 15 is 0 Å². The first-order chi connectivity index (χ1) is 8.88. The molecule has 0 bridgehead atoms. The summed E-state index contributed by atoms with van der Waals surface area (Å²) in [6.45, 7) is 1.89. The van der Waals surface area contributed by atoms with Crippen molar-refractivity contribution < 1.29 is 12.8 Å². The van der Waals surface area contributed by atoms with Crippen LogP contribution in [0.25, 0.3) is 0 Å². The van der Waals surface area contributed by atoms with E-state index in [1.165, 1.54) is 6.07 Å². The van der Waals surface area contributed by atoms with Gasteiger partial charge in [0.05, 0.1) is 11.4 Å². The van der Waals surface area contributed by atoms with E-state index in [0.29, 0.717) is 15.9 Å². The smallest absolute Gasteiger partial charge is 0.242 e. The predicted molar refractivity (Wildman–Crippen MR) is 76.0 cm³/mol. The van der Waals surface area contributed by atoms with Gasteiger partial charge in [0.1, 0.15) is 11.5 Å². The number of nitrogens with two attached hydrogens (primary N) is 1. The van der Waals surface area contributed by atoms with Gasteiger partial charge in [0, 0.05) is 10.2 Å². The highest BCUT2D eigenvalue weighted by Gasteiger charge is 2.18. The molecule has 19 heavy (non-hydrogen) atoms. The van der Waals surface area contributed by atoms with Crippen molar-refractivity contribution in [2.75, 3.05) is 5.73 Å². The van der Waals surface area contributed by atoms with Crippen molar-refractivity contribution in [1.82, 2.24) is 4.72 Å². The molecule has 1 aromatic heterocycles. The van der Waals surface area contributed by atoms with Crippen molar-refractivity contribution in [3.8, 4) is 0 Å². The molecule has 0 unspecified atom stereocenters. The Kier molecular flexibility index (Phi) is 3.98. The second-order valence-corrected chi connectivity index (χ2v) is 6.62. The Bertz CT molecular complexity index is 695. The lowest BCUT2D eigenvalue weighted by molar-refractivity contribution is 0.475. The van der Waals surface area contributed by atoms with E-state index in [0.717, 1.165) is 5.76 Å². The molecular formula is C12H13BrN2O3S. The number of halogens is 1. The molecule has 2 rings (SSSR count). The summed E-state index contributed by atoms with van der Waals surface area (Å²) in [6.07, 6.45) is 0. The molecule has 0 aliphatic heterocycles. The van der Waals surface area contributed by atoms with Crippen molar-refractivity contribution in [2.24, 2.45) is 0 Å². The van der Waals surface area contributed by atoms with Crippen LogP contribution in [0.4, 0.5) is 5.69 Å². The van der Waals surface area contributed by atoms with Crippen LogP contribution in [0, 0.1) is 6.92 Å². The van der Waals surface area contributed by atoms with Crippen molar-refractivity contribution in [2.45, 2.75) is 18.4 Å². The van der Waals surface area contributed by atoms with Gasteiger partial charge in [0.15, 0.2) is 0 Å². The molecule has 2 aromatic rings. The number of benzene rings is 1. The zero-order valence-electron chi connectivity index (χ0n) is 10.2. The van der Waals surface area contributed by atoms with Gasteiger partial charge < -0.3 is 10.2 Å². The summed E-state index contributed by atoms with van der Waals surface area (Å²) >= 11 is 3.20. The zero-order valence-corrected chi connectivity index (χ0v) is 12.6. The van der Waals surface area contributed by atoms with E-state index in [-0.39, 0.29) is 11.4 Å². The molecule has 0 fully saturated rings. The monoisotopic (exact) mass is 344 g/mol. The molecule has 0 amide bonds. The maximum absolute atomic E-state index is 12.1. The van der Waals surface area contributed by atoms with Crippen LogP contribution in [0.3, 0.4) is 0 Å². The fourth-order valence-electron chi connectivity index (χ4n) is 1.55. The second kappa shape index (κ2) is 5.36. The summed E-state index contributed by atoms with van der Waals surface area (Å²) < 4.78 is 32.5. The first-order valence-electron chi connectivity index (χ1n) is 5.48. The van der Waals surface area contributed by atoms with Crippen LogP contribution in [-0.2, 0) is 16.6 Å². The van der Waals surface area contributed by atoms with Gasteiger partial charge >= 0.3 is 0 Å². The van der Waals surface area contributed by atoms with E-state index in [9.17, 15) is 8.42 Å². The van der Waals surface area contributed by atoms with Crippen LogP contribution < -0.4 is 10.5 Å². The topological polar surface area (TPSA) is 85.3 Å². The lowest BCUT2D eigenvalue weighted by atomic mass is 10.3. The summed E-state index contributed by atoms with van der Waals surface area (Å²) in [7, 11) is -3.64. The fraction of sp³-hybridized carbons (Fsp3) is 0.167.